The summed E-state index contributed by atoms with van der Waals surface area (Å²) in [6.07, 6.45) is 0. The number of nitrogens with zero attached hydrogens (tertiary/aromatic N) is 2. The van der Waals surface area contributed by atoms with Gasteiger partial charge in [-0.2, -0.15) is 5.26 Å². The van der Waals surface area contributed by atoms with Gasteiger partial charge in [0, 0.05) is 11.1 Å². The molecular formula is C20H16N2O2. The highest BCUT2D eigenvalue weighted by Crippen LogP contribution is 2.34. The molecule has 3 aromatic rings. The van der Waals surface area contributed by atoms with E-state index in [0.29, 0.717) is 11.3 Å². The van der Waals surface area contributed by atoms with Gasteiger partial charge in [0.05, 0.1) is 12.8 Å². The highest BCUT2D eigenvalue weighted by atomic mass is 16.5. The van der Waals surface area contributed by atoms with Crippen LogP contribution in [0.5, 0.6) is 11.6 Å². The first-order valence-electron chi connectivity index (χ1n) is 7.48. The third-order valence-electron chi connectivity index (χ3n) is 3.76. The molecule has 0 amide bonds. The lowest BCUT2D eigenvalue weighted by Crippen LogP contribution is -1.98. The van der Waals surface area contributed by atoms with Gasteiger partial charge in [-0.15, -0.1) is 0 Å². The molecule has 1 aromatic heterocycles. The smallest absolute Gasteiger partial charge is 0.232 e. The van der Waals surface area contributed by atoms with Gasteiger partial charge >= 0.3 is 0 Å². The molecule has 0 unspecified atom stereocenters. The van der Waals surface area contributed by atoms with Crippen molar-refractivity contribution in [2.24, 2.45) is 0 Å². The van der Waals surface area contributed by atoms with Gasteiger partial charge in [-0.05, 0) is 30.7 Å². The van der Waals surface area contributed by atoms with Crippen LogP contribution in [0.15, 0.2) is 54.6 Å². The molecule has 0 atom stereocenters. The van der Waals surface area contributed by atoms with Crippen LogP contribution in [0.2, 0.25) is 0 Å². The molecule has 0 aliphatic carbocycles. The molecule has 24 heavy (non-hydrogen) atoms. The number of benzene rings is 2. The largest absolute Gasteiger partial charge is 0.508 e. The lowest BCUT2D eigenvalue weighted by molar-refractivity contribution is 0.397. The number of ether oxygens (including phenoxy) is 1. The SMILES string of the molecule is COc1nc(-c2cccc(O)c2)cc(-c2cccc(C)c2)c1C#N. The molecule has 118 valence electrons. The summed E-state index contributed by atoms with van der Waals surface area (Å²) >= 11 is 0. The predicted molar refractivity (Wildman–Crippen MR) is 92.8 cm³/mol. The van der Waals surface area contributed by atoms with Crippen molar-refractivity contribution >= 4 is 0 Å². The van der Waals surface area contributed by atoms with E-state index in [9.17, 15) is 10.4 Å². The average molecular weight is 316 g/mol. The Balaban J connectivity index is 2.27. The van der Waals surface area contributed by atoms with Crippen molar-refractivity contribution in [1.82, 2.24) is 4.98 Å². The number of aryl methyl sites for hydroxylation is 1. The Morgan fingerprint density at radius 3 is 2.46 bits per heavy atom. The zero-order valence-corrected chi connectivity index (χ0v) is 13.4. The van der Waals surface area contributed by atoms with E-state index in [0.717, 1.165) is 22.3 Å². The first kappa shape index (κ1) is 15.6. The fourth-order valence-corrected chi connectivity index (χ4v) is 2.63. The molecule has 1 N–H and O–H groups in total. The van der Waals surface area contributed by atoms with Crippen LogP contribution in [-0.2, 0) is 0 Å². The van der Waals surface area contributed by atoms with Gasteiger partial charge in [0.15, 0.2) is 0 Å². The normalized spacial score (nSPS) is 10.2. The minimum absolute atomic E-state index is 0.162. The Morgan fingerprint density at radius 1 is 1.04 bits per heavy atom. The molecule has 0 aliphatic heterocycles. The molecule has 4 heteroatoms. The number of phenols is 1. The van der Waals surface area contributed by atoms with E-state index in [4.69, 9.17) is 4.74 Å². The zero-order valence-electron chi connectivity index (χ0n) is 13.4. The van der Waals surface area contributed by atoms with Crippen LogP contribution in [0.25, 0.3) is 22.4 Å². The van der Waals surface area contributed by atoms with Crippen molar-refractivity contribution in [2.75, 3.05) is 7.11 Å². The van der Waals surface area contributed by atoms with Gasteiger partial charge in [0.25, 0.3) is 0 Å². The van der Waals surface area contributed by atoms with Crippen molar-refractivity contribution in [3.05, 3.63) is 65.7 Å². The lowest BCUT2D eigenvalue weighted by atomic mass is 9.97. The summed E-state index contributed by atoms with van der Waals surface area (Å²) in [7, 11) is 1.50. The third kappa shape index (κ3) is 2.92. The number of hydrogen-bond donors (Lipinski definition) is 1. The topological polar surface area (TPSA) is 66.1 Å². The van der Waals surface area contributed by atoms with Crippen molar-refractivity contribution < 1.29 is 9.84 Å². The fourth-order valence-electron chi connectivity index (χ4n) is 2.63. The summed E-state index contributed by atoms with van der Waals surface area (Å²) in [6.45, 7) is 2.00. The highest BCUT2D eigenvalue weighted by molar-refractivity contribution is 5.78. The number of aromatic nitrogens is 1. The third-order valence-corrected chi connectivity index (χ3v) is 3.76. The maximum absolute atomic E-state index is 9.71. The monoisotopic (exact) mass is 316 g/mol. The fraction of sp³-hybridized carbons (Fsp3) is 0.100. The van der Waals surface area contributed by atoms with E-state index in [1.807, 2.05) is 43.3 Å². The van der Waals surface area contributed by atoms with Crippen molar-refractivity contribution in [1.29, 1.82) is 5.26 Å². The number of hydrogen-bond acceptors (Lipinski definition) is 4. The van der Waals surface area contributed by atoms with Crippen LogP contribution >= 0.6 is 0 Å². The molecule has 0 fully saturated rings. The zero-order chi connectivity index (χ0) is 17.1. The van der Waals surface area contributed by atoms with E-state index >= 15 is 0 Å². The lowest BCUT2D eigenvalue weighted by Gasteiger charge is -2.12. The summed E-state index contributed by atoms with van der Waals surface area (Å²) in [4.78, 5) is 4.43. The van der Waals surface area contributed by atoms with Crippen LogP contribution in [0, 0.1) is 18.3 Å². The second kappa shape index (κ2) is 6.43. The highest BCUT2D eigenvalue weighted by Gasteiger charge is 2.16. The molecule has 3 rings (SSSR count). The Bertz CT molecular complexity index is 943. The molecule has 0 saturated heterocycles. The molecule has 0 aliphatic rings. The van der Waals surface area contributed by atoms with Gasteiger partial charge in [-0.25, -0.2) is 4.98 Å². The van der Waals surface area contributed by atoms with Crippen LogP contribution in [-0.4, -0.2) is 17.2 Å². The minimum atomic E-state index is 0.162. The van der Waals surface area contributed by atoms with Gasteiger partial charge in [-0.3, -0.25) is 0 Å². The summed E-state index contributed by atoms with van der Waals surface area (Å²) in [6, 6.07) is 18.8. The summed E-state index contributed by atoms with van der Waals surface area (Å²) in [5, 5.41) is 19.3. The van der Waals surface area contributed by atoms with Crippen LogP contribution in [0.3, 0.4) is 0 Å². The van der Waals surface area contributed by atoms with E-state index in [1.54, 1.807) is 18.2 Å². The first-order valence-corrected chi connectivity index (χ1v) is 7.48. The second-order valence-electron chi connectivity index (χ2n) is 5.47. The summed E-state index contributed by atoms with van der Waals surface area (Å²) < 4.78 is 5.32. The molecule has 0 saturated carbocycles. The molecule has 1 heterocycles. The minimum Gasteiger partial charge on any atom is -0.508 e. The maximum Gasteiger partial charge on any atom is 0.232 e. The van der Waals surface area contributed by atoms with E-state index in [2.05, 4.69) is 11.1 Å². The Labute approximate surface area is 140 Å². The molecule has 4 nitrogen and oxygen atoms in total. The standard InChI is InChI=1S/C20H16N2O2/c1-13-5-3-6-14(9-13)17-11-19(15-7-4-8-16(23)10-15)22-20(24-2)18(17)12-21/h3-11,23H,1-2H3. The number of phenolic OH excluding ortho intramolecular Hbond substituents is 1. The first-order chi connectivity index (χ1) is 11.6. The summed E-state index contributed by atoms with van der Waals surface area (Å²) in [5.74, 6) is 0.435. The molecular weight excluding hydrogens is 300 g/mol. The van der Waals surface area contributed by atoms with Crippen molar-refractivity contribution in [3.63, 3.8) is 0 Å². The molecule has 0 spiro atoms. The van der Waals surface area contributed by atoms with Crippen LogP contribution in [0.1, 0.15) is 11.1 Å². The average Bonchev–Trinajstić information content (AvgIpc) is 2.60. The van der Waals surface area contributed by atoms with Gasteiger partial charge in [0.1, 0.15) is 17.4 Å². The van der Waals surface area contributed by atoms with E-state index in [1.165, 1.54) is 7.11 Å². The quantitative estimate of drug-likeness (QED) is 0.782. The predicted octanol–water partition coefficient (Wildman–Crippen LogP) is 4.31. The molecule has 0 bridgehead atoms. The number of nitriles is 1. The molecule has 0 radical (unpaired) electrons. The Kier molecular flexibility index (Phi) is 4.17. The number of rotatable bonds is 3. The van der Waals surface area contributed by atoms with Gasteiger partial charge in [0.2, 0.25) is 5.88 Å². The Hall–Kier alpha value is -3.32. The Morgan fingerprint density at radius 2 is 1.79 bits per heavy atom. The van der Waals surface area contributed by atoms with Crippen LogP contribution < -0.4 is 4.74 Å². The molecule has 2 aromatic carbocycles. The van der Waals surface area contributed by atoms with Crippen molar-refractivity contribution in [3.8, 4) is 40.1 Å². The van der Waals surface area contributed by atoms with Gasteiger partial charge in [-0.1, -0.05) is 42.0 Å². The number of methoxy groups -OCH3 is 1. The second-order valence-corrected chi connectivity index (χ2v) is 5.47. The number of pyridine rings is 1. The van der Waals surface area contributed by atoms with Gasteiger partial charge < -0.3 is 9.84 Å². The van der Waals surface area contributed by atoms with E-state index < -0.39 is 0 Å². The number of aromatic hydroxyl groups is 1. The van der Waals surface area contributed by atoms with Crippen LogP contribution in [0.4, 0.5) is 0 Å². The summed E-state index contributed by atoms with van der Waals surface area (Å²) in [5.41, 5.74) is 4.57. The van der Waals surface area contributed by atoms with Crippen molar-refractivity contribution in [2.45, 2.75) is 6.92 Å². The maximum atomic E-state index is 9.71. The van der Waals surface area contributed by atoms with E-state index in [-0.39, 0.29) is 11.6 Å².